The smallest absolute Gasteiger partial charge is 0.387 e. The van der Waals surface area contributed by atoms with Crippen LogP contribution < -0.4 is 4.74 Å². The standard InChI is InChI=1S/C12H15F2NO3/c1-2-15(7-8-16)11(17)9-3-5-10(6-4-9)18-12(13)14/h3-6,12,16H,2,7-8H2,1H3. The van der Waals surface area contributed by atoms with Crippen molar-refractivity contribution in [1.82, 2.24) is 4.90 Å². The van der Waals surface area contributed by atoms with Crippen LogP contribution >= 0.6 is 0 Å². The van der Waals surface area contributed by atoms with E-state index < -0.39 is 6.61 Å². The van der Waals surface area contributed by atoms with E-state index in [1.807, 2.05) is 0 Å². The molecule has 1 N–H and O–H groups in total. The number of ether oxygens (including phenoxy) is 1. The predicted molar refractivity (Wildman–Crippen MR) is 61.7 cm³/mol. The zero-order valence-corrected chi connectivity index (χ0v) is 9.97. The van der Waals surface area contributed by atoms with E-state index in [9.17, 15) is 13.6 Å². The molecule has 6 heteroatoms. The molecule has 0 atom stereocenters. The van der Waals surface area contributed by atoms with Crippen LogP contribution in [0.2, 0.25) is 0 Å². The number of nitrogens with zero attached hydrogens (tertiary/aromatic N) is 1. The van der Waals surface area contributed by atoms with E-state index in [2.05, 4.69) is 4.74 Å². The van der Waals surface area contributed by atoms with Gasteiger partial charge in [0.25, 0.3) is 5.91 Å². The van der Waals surface area contributed by atoms with Gasteiger partial charge in [-0.05, 0) is 31.2 Å². The molecule has 18 heavy (non-hydrogen) atoms. The van der Waals surface area contributed by atoms with Gasteiger partial charge in [-0.1, -0.05) is 0 Å². The summed E-state index contributed by atoms with van der Waals surface area (Å²) in [5.41, 5.74) is 0.368. The molecule has 4 nitrogen and oxygen atoms in total. The maximum atomic E-state index is 11.9. The lowest BCUT2D eigenvalue weighted by Crippen LogP contribution is -2.33. The summed E-state index contributed by atoms with van der Waals surface area (Å²) in [4.78, 5) is 13.4. The van der Waals surface area contributed by atoms with Crippen LogP contribution in [0.5, 0.6) is 5.75 Å². The summed E-state index contributed by atoms with van der Waals surface area (Å²) in [5, 5.41) is 8.81. The Kier molecular flexibility index (Phi) is 5.51. The Hall–Kier alpha value is -1.69. The van der Waals surface area contributed by atoms with Crippen molar-refractivity contribution in [2.24, 2.45) is 0 Å². The molecule has 0 aromatic heterocycles. The van der Waals surface area contributed by atoms with Crippen molar-refractivity contribution in [1.29, 1.82) is 0 Å². The number of likely N-dealkylation sites (N-methyl/N-ethyl adjacent to an activating group) is 1. The fourth-order valence-corrected chi connectivity index (χ4v) is 1.49. The number of halogens is 2. The largest absolute Gasteiger partial charge is 0.435 e. The van der Waals surface area contributed by atoms with Gasteiger partial charge in [0.05, 0.1) is 6.61 Å². The van der Waals surface area contributed by atoms with Crippen molar-refractivity contribution >= 4 is 5.91 Å². The monoisotopic (exact) mass is 259 g/mol. The molecule has 1 aromatic rings. The minimum Gasteiger partial charge on any atom is -0.435 e. The Labute approximate surface area is 104 Å². The number of aliphatic hydroxyl groups excluding tert-OH is 1. The van der Waals surface area contributed by atoms with Gasteiger partial charge in [0, 0.05) is 18.7 Å². The Bertz CT molecular complexity index is 381. The Morgan fingerprint density at radius 1 is 1.39 bits per heavy atom. The van der Waals surface area contributed by atoms with Gasteiger partial charge in [0.2, 0.25) is 0 Å². The summed E-state index contributed by atoms with van der Waals surface area (Å²) in [6, 6.07) is 5.46. The first-order valence-electron chi connectivity index (χ1n) is 5.53. The number of rotatable bonds is 6. The van der Waals surface area contributed by atoms with E-state index in [1.165, 1.54) is 29.2 Å². The summed E-state index contributed by atoms with van der Waals surface area (Å²) in [5.74, 6) is -0.248. The molecule has 1 rings (SSSR count). The third-order valence-electron chi connectivity index (χ3n) is 2.37. The average molecular weight is 259 g/mol. The molecule has 0 radical (unpaired) electrons. The molecule has 0 unspecified atom stereocenters. The Morgan fingerprint density at radius 2 is 2.00 bits per heavy atom. The quantitative estimate of drug-likeness (QED) is 0.846. The second-order valence-corrected chi connectivity index (χ2v) is 3.51. The maximum Gasteiger partial charge on any atom is 0.387 e. The molecule has 0 aliphatic carbocycles. The van der Waals surface area contributed by atoms with Gasteiger partial charge in [-0.25, -0.2) is 0 Å². The predicted octanol–water partition coefficient (Wildman–Crippen LogP) is 1.74. The number of aliphatic hydroxyl groups is 1. The molecular formula is C12H15F2NO3. The maximum absolute atomic E-state index is 11.9. The minimum atomic E-state index is -2.88. The lowest BCUT2D eigenvalue weighted by Gasteiger charge is -2.19. The molecule has 0 saturated heterocycles. The third-order valence-corrected chi connectivity index (χ3v) is 2.37. The summed E-state index contributed by atoms with van der Waals surface area (Å²) in [6.45, 7) is -0.499. The van der Waals surface area contributed by atoms with E-state index in [0.29, 0.717) is 12.1 Å². The Morgan fingerprint density at radius 3 is 2.44 bits per heavy atom. The summed E-state index contributed by atoms with van der Waals surface area (Å²) in [7, 11) is 0. The summed E-state index contributed by atoms with van der Waals surface area (Å²) in [6.07, 6.45) is 0. The number of carbonyl (C=O) groups is 1. The van der Waals surface area contributed by atoms with Crippen LogP contribution in [0.1, 0.15) is 17.3 Å². The van der Waals surface area contributed by atoms with Crippen LogP contribution in [0, 0.1) is 0 Å². The first-order chi connectivity index (χ1) is 8.58. The van der Waals surface area contributed by atoms with Crippen LogP contribution in [0.3, 0.4) is 0 Å². The van der Waals surface area contributed by atoms with Gasteiger partial charge in [-0.2, -0.15) is 8.78 Å². The highest BCUT2D eigenvalue weighted by atomic mass is 19.3. The lowest BCUT2D eigenvalue weighted by atomic mass is 10.2. The summed E-state index contributed by atoms with van der Waals surface area (Å²) < 4.78 is 28.1. The number of hydrogen-bond donors (Lipinski definition) is 1. The molecule has 1 amide bonds. The fraction of sp³-hybridized carbons (Fsp3) is 0.417. The highest BCUT2D eigenvalue weighted by molar-refractivity contribution is 5.94. The van der Waals surface area contributed by atoms with Crippen LogP contribution in [0.25, 0.3) is 0 Å². The van der Waals surface area contributed by atoms with Gasteiger partial charge in [0.15, 0.2) is 0 Å². The normalized spacial score (nSPS) is 10.5. The summed E-state index contributed by atoms with van der Waals surface area (Å²) >= 11 is 0. The second kappa shape index (κ2) is 6.90. The van der Waals surface area contributed by atoms with Crippen molar-refractivity contribution in [3.8, 4) is 5.75 Å². The number of alkyl halides is 2. The number of hydrogen-bond acceptors (Lipinski definition) is 3. The minimum absolute atomic E-state index is 0.00626. The molecule has 0 fully saturated rings. The van der Waals surface area contributed by atoms with Crippen molar-refractivity contribution in [3.05, 3.63) is 29.8 Å². The SMILES string of the molecule is CCN(CCO)C(=O)c1ccc(OC(F)F)cc1. The van der Waals surface area contributed by atoms with Crippen LogP contribution in [-0.2, 0) is 0 Å². The molecule has 100 valence electrons. The number of amides is 1. The van der Waals surface area contributed by atoms with Crippen molar-refractivity contribution in [2.45, 2.75) is 13.5 Å². The van der Waals surface area contributed by atoms with Gasteiger partial charge in [-0.3, -0.25) is 4.79 Å². The van der Waals surface area contributed by atoms with Crippen molar-refractivity contribution in [2.75, 3.05) is 19.7 Å². The van der Waals surface area contributed by atoms with Gasteiger partial charge < -0.3 is 14.7 Å². The van der Waals surface area contributed by atoms with Gasteiger partial charge in [0.1, 0.15) is 5.75 Å². The van der Waals surface area contributed by atoms with E-state index >= 15 is 0 Å². The number of carbonyl (C=O) groups excluding carboxylic acids is 1. The van der Waals surface area contributed by atoms with Gasteiger partial charge in [-0.15, -0.1) is 0 Å². The molecule has 0 spiro atoms. The lowest BCUT2D eigenvalue weighted by molar-refractivity contribution is -0.0498. The molecular weight excluding hydrogens is 244 g/mol. The van der Waals surface area contributed by atoms with E-state index in [0.717, 1.165) is 0 Å². The highest BCUT2D eigenvalue weighted by Crippen LogP contribution is 2.15. The second-order valence-electron chi connectivity index (χ2n) is 3.51. The fourth-order valence-electron chi connectivity index (χ4n) is 1.49. The van der Waals surface area contributed by atoms with E-state index in [1.54, 1.807) is 6.92 Å². The van der Waals surface area contributed by atoms with Gasteiger partial charge >= 0.3 is 6.61 Å². The van der Waals surface area contributed by atoms with Crippen LogP contribution in [0.15, 0.2) is 24.3 Å². The van der Waals surface area contributed by atoms with E-state index in [-0.39, 0.29) is 24.8 Å². The molecule has 0 heterocycles. The Balaban J connectivity index is 2.74. The molecule has 0 aliphatic heterocycles. The molecule has 0 aliphatic rings. The first-order valence-corrected chi connectivity index (χ1v) is 5.53. The average Bonchev–Trinajstić information content (AvgIpc) is 2.35. The zero-order chi connectivity index (χ0) is 13.5. The molecule has 1 aromatic carbocycles. The first kappa shape index (κ1) is 14.4. The zero-order valence-electron chi connectivity index (χ0n) is 9.97. The topological polar surface area (TPSA) is 49.8 Å². The number of benzene rings is 1. The molecule has 0 saturated carbocycles. The van der Waals surface area contributed by atoms with E-state index in [4.69, 9.17) is 5.11 Å². The van der Waals surface area contributed by atoms with Crippen LogP contribution in [0.4, 0.5) is 8.78 Å². The highest BCUT2D eigenvalue weighted by Gasteiger charge is 2.13. The van der Waals surface area contributed by atoms with Crippen LogP contribution in [-0.4, -0.2) is 42.2 Å². The van der Waals surface area contributed by atoms with Crippen molar-refractivity contribution < 1.29 is 23.4 Å². The third kappa shape index (κ3) is 3.96. The molecule has 0 bridgehead atoms. The van der Waals surface area contributed by atoms with Crippen molar-refractivity contribution in [3.63, 3.8) is 0 Å².